The van der Waals surface area contributed by atoms with Crippen molar-refractivity contribution >= 4 is 11.6 Å². The van der Waals surface area contributed by atoms with Gasteiger partial charge in [-0.3, -0.25) is 4.79 Å². The summed E-state index contributed by atoms with van der Waals surface area (Å²) in [5.41, 5.74) is 4.20. The van der Waals surface area contributed by atoms with Crippen LogP contribution in [0.5, 0.6) is 0 Å². The van der Waals surface area contributed by atoms with Crippen molar-refractivity contribution in [3.63, 3.8) is 0 Å². The van der Waals surface area contributed by atoms with Crippen molar-refractivity contribution in [3.05, 3.63) is 65.2 Å². The number of carbonyl (C=O) groups excluding carboxylic acids is 1. The summed E-state index contributed by atoms with van der Waals surface area (Å²) in [6.07, 6.45) is 0. The van der Waals surface area contributed by atoms with Crippen molar-refractivity contribution < 1.29 is 4.79 Å². The van der Waals surface area contributed by atoms with Crippen LogP contribution in [0.3, 0.4) is 0 Å². The van der Waals surface area contributed by atoms with Crippen molar-refractivity contribution in [1.29, 1.82) is 0 Å². The van der Waals surface area contributed by atoms with E-state index < -0.39 is 0 Å². The van der Waals surface area contributed by atoms with Crippen LogP contribution in [0, 0.1) is 6.92 Å². The molecule has 0 atom stereocenters. The van der Waals surface area contributed by atoms with Gasteiger partial charge in [-0.05, 0) is 43.7 Å². The average Bonchev–Trinajstić information content (AvgIpc) is 2.47. The average molecular weight is 268 g/mol. The maximum absolute atomic E-state index is 11.6. The van der Waals surface area contributed by atoms with E-state index >= 15 is 0 Å². The topological polar surface area (TPSA) is 41.1 Å². The second-order valence-electron chi connectivity index (χ2n) is 4.78. The highest BCUT2D eigenvalue weighted by Crippen LogP contribution is 2.12. The third kappa shape index (κ3) is 3.85. The predicted octanol–water partition coefficient (Wildman–Crippen LogP) is 3.36. The Kier molecular flexibility index (Phi) is 4.77. The molecule has 3 heteroatoms. The predicted molar refractivity (Wildman–Crippen MR) is 83.0 cm³/mol. The Bertz CT molecular complexity index is 559. The fourth-order valence-corrected chi connectivity index (χ4v) is 1.91. The van der Waals surface area contributed by atoms with Gasteiger partial charge in [0.1, 0.15) is 0 Å². The Morgan fingerprint density at radius 3 is 2.25 bits per heavy atom. The monoisotopic (exact) mass is 268 g/mol. The number of hydrogen-bond acceptors (Lipinski definition) is 2. The minimum absolute atomic E-state index is 0.0300. The molecule has 0 aliphatic carbocycles. The highest BCUT2D eigenvalue weighted by atomic mass is 16.1. The minimum Gasteiger partial charge on any atom is -0.381 e. The molecule has 104 valence electrons. The zero-order valence-electron chi connectivity index (χ0n) is 11.9. The summed E-state index contributed by atoms with van der Waals surface area (Å²) in [6, 6.07) is 16.0. The SMILES string of the molecule is CCNC(=O)c1ccc(NCc2ccc(C)cc2)cc1. The third-order valence-electron chi connectivity index (χ3n) is 3.10. The van der Waals surface area contributed by atoms with Gasteiger partial charge in [0.2, 0.25) is 0 Å². The molecular formula is C17H20N2O. The van der Waals surface area contributed by atoms with Crippen LogP contribution < -0.4 is 10.6 Å². The van der Waals surface area contributed by atoms with E-state index in [9.17, 15) is 4.79 Å². The van der Waals surface area contributed by atoms with Crippen LogP contribution in [0.4, 0.5) is 5.69 Å². The molecule has 0 unspecified atom stereocenters. The summed E-state index contributed by atoms with van der Waals surface area (Å²) in [4.78, 5) is 11.6. The summed E-state index contributed by atoms with van der Waals surface area (Å²) < 4.78 is 0. The molecule has 2 rings (SSSR count). The number of anilines is 1. The second-order valence-corrected chi connectivity index (χ2v) is 4.78. The first-order chi connectivity index (χ1) is 9.69. The highest BCUT2D eigenvalue weighted by Gasteiger charge is 2.03. The number of benzene rings is 2. The van der Waals surface area contributed by atoms with Gasteiger partial charge in [0, 0.05) is 24.3 Å². The normalized spacial score (nSPS) is 10.1. The van der Waals surface area contributed by atoms with Crippen molar-refractivity contribution in [3.8, 4) is 0 Å². The molecule has 2 N–H and O–H groups in total. The first kappa shape index (κ1) is 14.1. The molecule has 0 heterocycles. The van der Waals surface area contributed by atoms with Gasteiger partial charge in [-0.2, -0.15) is 0 Å². The van der Waals surface area contributed by atoms with Gasteiger partial charge in [0.25, 0.3) is 5.91 Å². The molecule has 3 nitrogen and oxygen atoms in total. The van der Waals surface area contributed by atoms with Crippen LogP contribution in [-0.4, -0.2) is 12.5 Å². The maximum atomic E-state index is 11.6. The van der Waals surface area contributed by atoms with Crippen LogP contribution in [0.25, 0.3) is 0 Å². The molecular weight excluding hydrogens is 248 g/mol. The van der Waals surface area contributed by atoms with Crippen LogP contribution in [0.15, 0.2) is 48.5 Å². The van der Waals surface area contributed by atoms with Gasteiger partial charge in [-0.25, -0.2) is 0 Å². The molecule has 0 fully saturated rings. The number of amides is 1. The lowest BCUT2D eigenvalue weighted by atomic mass is 10.1. The molecule has 0 aromatic heterocycles. The van der Waals surface area contributed by atoms with Crippen LogP contribution >= 0.6 is 0 Å². The minimum atomic E-state index is -0.0300. The van der Waals surface area contributed by atoms with Crippen LogP contribution in [-0.2, 0) is 6.54 Å². The van der Waals surface area contributed by atoms with E-state index in [0.29, 0.717) is 12.1 Å². The lowest BCUT2D eigenvalue weighted by Gasteiger charge is -2.08. The molecule has 0 spiro atoms. The molecule has 0 aliphatic rings. The molecule has 1 amide bonds. The standard InChI is InChI=1S/C17H20N2O/c1-3-18-17(20)15-8-10-16(11-9-15)19-12-14-6-4-13(2)5-7-14/h4-11,19H,3,12H2,1-2H3,(H,18,20). The lowest BCUT2D eigenvalue weighted by molar-refractivity contribution is 0.0956. The maximum Gasteiger partial charge on any atom is 0.251 e. The Morgan fingerprint density at radius 1 is 1.00 bits per heavy atom. The fourth-order valence-electron chi connectivity index (χ4n) is 1.91. The molecule has 0 aliphatic heterocycles. The lowest BCUT2D eigenvalue weighted by Crippen LogP contribution is -2.22. The van der Waals surface area contributed by atoms with E-state index in [4.69, 9.17) is 0 Å². The van der Waals surface area contributed by atoms with Gasteiger partial charge < -0.3 is 10.6 Å². The summed E-state index contributed by atoms with van der Waals surface area (Å²) in [7, 11) is 0. The van der Waals surface area contributed by atoms with E-state index in [1.54, 1.807) is 0 Å². The molecule has 2 aromatic rings. The fraction of sp³-hybridized carbons (Fsp3) is 0.235. The van der Waals surface area contributed by atoms with E-state index in [0.717, 1.165) is 12.2 Å². The molecule has 0 saturated carbocycles. The Hall–Kier alpha value is -2.29. The number of nitrogens with one attached hydrogen (secondary N) is 2. The summed E-state index contributed by atoms with van der Waals surface area (Å²) >= 11 is 0. The zero-order chi connectivity index (χ0) is 14.4. The van der Waals surface area contributed by atoms with Gasteiger partial charge in [0.15, 0.2) is 0 Å². The van der Waals surface area contributed by atoms with Crippen molar-refractivity contribution in [1.82, 2.24) is 5.32 Å². The summed E-state index contributed by atoms with van der Waals surface area (Å²) in [6.45, 7) is 5.42. The van der Waals surface area contributed by atoms with Crippen molar-refractivity contribution in [2.75, 3.05) is 11.9 Å². The Morgan fingerprint density at radius 2 is 1.65 bits per heavy atom. The van der Waals surface area contributed by atoms with E-state index in [-0.39, 0.29) is 5.91 Å². The second kappa shape index (κ2) is 6.75. The van der Waals surface area contributed by atoms with Crippen molar-refractivity contribution in [2.24, 2.45) is 0 Å². The van der Waals surface area contributed by atoms with Gasteiger partial charge in [-0.1, -0.05) is 29.8 Å². The van der Waals surface area contributed by atoms with Gasteiger partial charge in [-0.15, -0.1) is 0 Å². The van der Waals surface area contributed by atoms with E-state index in [1.165, 1.54) is 11.1 Å². The number of carbonyl (C=O) groups is 1. The van der Waals surface area contributed by atoms with E-state index in [1.807, 2.05) is 31.2 Å². The highest BCUT2D eigenvalue weighted by molar-refractivity contribution is 5.94. The largest absolute Gasteiger partial charge is 0.381 e. The number of rotatable bonds is 5. The molecule has 0 radical (unpaired) electrons. The quantitative estimate of drug-likeness (QED) is 0.873. The third-order valence-corrected chi connectivity index (χ3v) is 3.10. The first-order valence-electron chi connectivity index (χ1n) is 6.86. The van der Waals surface area contributed by atoms with Crippen LogP contribution in [0.1, 0.15) is 28.4 Å². The van der Waals surface area contributed by atoms with Gasteiger partial charge in [0.05, 0.1) is 0 Å². The van der Waals surface area contributed by atoms with Gasteiger partial charge >= 0.3 is 0 Å². The first-order valence-corrected chi connectivity index (χ1v) is 6.86. The van der Waals surface area contributed by atoms with Crippen molar-refractivity contribution in [2.45, 2.75) is 20.4 Å². The number of aryl methyl sites for hydroxylation is 1. The number of hydrogen-bond donors (Lipinski definition) is 2. The Labute approximate surface area is 120 Å². The molecule has 0 saturated heterocycles. The molecule has 2 aromatic carbocycles. The molecule has 0 bridgehead atoms. The summed E-state index contributed by atoms with van der Waals surface area (Å²) in [5.74, 6) is -0.0300. The zero-order valence-corrected chi connectivity index (χ0v) is 11.9. The summed E-state index contributed by atoms with van der Waals surface area (Å²) in [5, 5.41) is 6.13. The van der Waals surface area contributed by atoms with Crippen LogP contribution in [0.2, 0.25) is 0 Å². The van der Waals surface area contributed by atoms with E-state index in [2.05, 4.69) is 41.8 Å². The molecule has 20 heavy (non-hydrogen) atoms. The Balaban J connectivity index is 1.93. The smallest absolute Gasteiger partial charge is 0.251 e.